The standard InChI is InChI=1S/C26H45N5O2/c1-6-17-21-14-16(30-33)9-11-26(21,4)20-10-12-25(3)18(7-8-19(25)23(20)24(17)32)22(27)13-15(2)29-31-28-5/h16-24,32H,2,6-14,27H2,1,3-5H3,(H,28,29)/t16-,17-,18?,19?,20?,21?,22-,23?,24-,25?,26?/m1/s1. The average molecular weight is 460 g/mol. The van der Waals surface area contributed by atoms with Gasteiger partial charge >= 0.3 is 0 Å². The lowest BCUT2D eigenvalue weighted by Crippen LogP contribution is -2.62. The Balaban J connectivity index is 1.58. The van der Waals surface area contributed by atoms with Crippen molar-refractivity contribution in [3.05, 3.63) is 17.2 Å². The normalized spacial score (nSPS) is 47.9. The molecule has 0 aliphatic heterocycles. The summed E-state index contributed by atoms with van der Waals surface area (Å²) in [6, 6.07) is -0.0586. The third-order valence-corrected chi connectivity index (χ3v) is 10.9. The summed E-state index contributed by atoms with van der Waals surface area (Å²) in [5, 5.41) is 23.2. The molecule has 4 N–H and O–H groups in total. The average Bonchev–Trinajstić information content (AvgIpc) is 3.15. The van der Waals surface area contributed by atoms with Gasteiger partial charge in [0.15, 0.2) is 0 Å². The first-order chi connectivity index (χ1) is 15.7. The first-order valence-corrected chi connectivity index (χ1v) is 13.2. The lowest BCUT2D eigenvalue weighted by Gasteiger charge is -2.64. The smallest absolute Gasteiger partial charge is 0.0923 e. The fourth-order valence-corrected chi connectivity index (χ4v) is 9.37. The van der Waals surface area contributed by atoms with E-state index in [-0.39, 0.29) is 34.9 Å². The molecule has 7 unspecified atom stereocenters. The van der Waals surface area contributed by atoms with Crippen molar-refractivity contribution in [2.75, 3.05) is 7.05 Å². The van der Waals surface area contributed by atoms with Crippen LogP contribution < -0.4 is 11.2 Å². The summed E-state index contributed by atoms with van der Waals surface area (Å²) in [6.45, 7) is 11.2. The van der Waals surface area contributed by atoms with Crippen LogP contribution in [0.2, 0.25) is 0 Å². The van der Waals surface area contributed by atoms with Gasteiger partial charge in [0, 0.05) is 19.5 Å². The lowest BCUT2D eigenvalue weighted by molar-refractivity contribution is -0.194. The van der Waals surface area contributed by atoms with E-state index in [4.69, 9.17) is 5.73 Å². The van der Waals surface area contributed by atoms with Crippen molar-refractivity contribution in [3.63, 3.8) is 0 Å². The molecule has 0 aromatic carbocycles. The van der Waals surface area contributed by atoms with E-state index in [1.54, 1.807) is 7.05 Å². The molecular weight excluding hydrogens is 414 g/mol. The minimum Gasteiger partial charge on any atom is -0.393 e. The molecule has 0 aromatic rings. The Labute approximate surface area is 199 Å². The highest BCUT2D eigenvalue weighted by Crippen LogP contribution is 2.69. The SMILES string of the molecule is C=C(C[C@@H](N)C1CCC2C3C(CCC21C)C1(C)CC[C@@H](N=O)CC1[C@@H](CC)[C@H]3O)/N=N\NC. The quantitative estimate of drug-likeness (QED) is 0.276. The molecule has 11 atom stereocenters. The minimum absolute atomic E-state index is 0.0139. The first kappa shape index (κ1) is 24.8. The third kappa shape index (κ3) is 3.97. The summed E-state index contributed by atoms with van der Waals surface area (Å²) in [4.78, 5) is 11.4. The van der Waals surface area contributed by atoms with Gasteiger partial charge in [-0.05, 0) is 91.3 Å². The molecule has 0 bridgehead atoms. The van der Waals surface area contributed by atoms with Gasteiger partial charge in [-0.3, -0.25) is 5.43 Å². The summed E-state index contributed by atoms with van der Waals surface area (Å²) < 4.78 is 0. The molecule has 4 fully saturated rings. The molecule has 0 saturated heterocycles. The van der Waals surface area contributed by atoms with Gasteiger partial charge in [-0.1, -0.05) is 44.2 Å². The fourth-order valence-electron chi connectivity index (χ4n) is 9.37. The molecule has 4 aliphatic rings. The van der Waals surface area contributed by atoms with Crippen LogP contribution in [0.4, 0.5) is 0 Å². The number of hydrogen-bond donors (Lipinski definition) is 3. The zero-order chi connectivity index (χ0) is 24.0. The largest absolute Gasteiger partial charge is 0.393 e. The number of nitrogens with zero attached hydrogens (tertiary/aromatic N) is 3. The van der Waals surface area contributed by atoms with Crippen LogP contribution in [0.1, 0.15) is 78.6 Å². The molecule has 4 aliphatic carbocycles. The molecule has 0 radical (unpaired) electrons. The van der Waals surface area contributed by atoms with Crippen LogP contribution in [0.3, 0.4) is 0 Å². The van der Waals surface area contributed by atoms with E-state index in [9.17, 15) is 10.0 Å². The van der Waals surface area contributed by atoms with E-state index in [2.05, 4.69) is 48.3 Å². The molecule has 0 amide bonds. The minimum atomic E-state index is -0.289. The van der Waals surface area contributed by atoms with Crippen LogP contribution in [0.25, 0.3) is 0 Å². The zero-order valence-corrected chi connectivity index (χ0v) is 21.0. The monoisotopic (exact) mass is 459 g/mol. The van der Waals surface area contributed by atoms with Crippen molar-refractivity contribution < 1.29 is 5.11 Å². The van der Waals surface area contributed by atoms with Crippen molar-refractivity contribution >= 4 is 0 Å². The van der Waals surface area contributed by atoms with Crippen LogP contribution in [0.15, 0.2) is 27.8 Å². The number of aliphatic hydroxyl groups is 1. The van der Waals surface area contributed by atoms with E-state index in [1.165, 1.54) is 6.42 Å². The topological polar surface area (TPSA) is 112 Å². The van der Waals surface area contributed by atoms with Crippen LogP contribution in [0.5, 0.6) is 0 Å². The Morgan fingerprint density at radius 1 is 1.15 bits per heavy atom. The molecular formula is C26H45N5O2. The molecule has 0 aromatic heterocycles. The molecule has 7 nitrogen and oxygen atoms in total. The van der Waals surface area contributed by atoms with Crippen molar-refractivity contribution in [2.24, 2.45) is 67.6 Å². The van der Waals surface area contributed by atoms with Crippen molar-refractivity contribution in [1.29, 1.82) is 0 Å². The van der Waals surface area contributed by atoms with E-state index >= 15 is 0 Å². The van der Waals surface area contributed by atoms with Gasteiger partial charge in [-0.15, -0.1) is 5.11 Å². The Bertz CT molecular complexity index is 774. The lowest BCUT2D eigenvalue weighted by atomic mass is 9.41. The van der Waals surface area contributed by atoms with E-state index in [1.807, 2.05) is 0 Å². The van der Waals surface area contributed by atoms with Crippen LogP contribution in [-0.4, -0.2) is 30.3 Å². The Morgan fingerprint density at radius 2 is 1.85 bits per heavy atom. The number of fused-ring (bicyclic) bond motifs is 5. The second-order valence-corrected chi connectivity index (χ2v) is 12.1. The van der Waals surface area contributed by atoms with Crippen LogP contribution in [-0.2, 0) is 0 Å². The molecule has 0 heterocycles. The van der Waals surface area contributed by atoms with E-state index in [0.29, 0.717) is 36.0 Å². The molecule has 7 heteroatoms. The number of aliphatic hydroxyl groups excluding tert-OH is 1. The number of rotatable bonds is 7. The van der Waals surface area contributed by atoms with Crippen LogP contribution in [0, 0.1) is 51.2 Å². The third-order valence-electron chi connectivity index (χ3n) is 10.9. The Hall–Kier alpha value is -1.34. The van der Waals surface area contributed by atoms with Gasteiger partial charge in [0.2, 0.25) is 0 Å². The van der Waals surface area contributed by atoms with Gasteiger partial charge in [-0.25, -0.2) is 0 Å². The van der Waals surface area contributed by atoms with Crippen LogP contribution >= 0.6 is 0 Å². The molecule has 33 heavy (non-hydrogen) atoms. The Morgan fingerprint density at radius 3 is 2.52 bits per heavy atom. The highest BCUT2D eigenvalue weighted by atomic mass is 16.3. The molecule has 186 valence electrons. The second kappa shape index (κ2) is 9.37. The van der Waals surface area contributed by atoms with Gasteiger partial charge in [0.1, 0.15) is 0 Å². The van der Waals surface area contributed by atoms with E-state index < -0.39 is 0 Å². The van der Waals surface area contributed by atoms with Crippen molar-refractivity contribution in [1.82, 2.24) is 5.43 Å². The number of nitrogens with one attached hydrogen (secondary N) is 1. The van der Waals surface area contributed by atoms with Crippen molar-refractivity contribution in [2.45, 2.75) is 96.7 Å². The van der Waals surface area contributed by atoms with E-state index in [0.717, 1.165) is 50.6 Å². The maximum absolute atomic E-state index is 11.8. The Kier molecular flexibility index (Phi) is 7.03. The molecule has 4 saturated carbocycles. The van der Waals surface area contributed by atoms with Gasteiger partial charge in [-0.2, -0.15) is 4.91 Å². The maximum Gasteiger partial charge on any atom is 0.0923 e. The van der Waals surface area contributed by atoms with Gasteiger partial charge in [0.25, 0.3) is 0 Å². The zero-order valence-electron chi connectivity index (χ0n) is 21.0. The highest BCUT2D eigenvalue weighted by Gasteiger charge is 2.65. The second-order valence-electron chi connectivity index (χ2n) is 12.1. The maximum atomic E-state index is 11.8. The van der Waals surface area contributed by atoms with Gasteiger partial charge < -0.3 is 10.8 Å². The predicted molar refractivity (Wildman–Crippen MR) is 131 cm³/mol. The fraction of sp³-hybridized carbons (Fsp3) is 0.923. The predicted octanol–water partition coefficient (Wildman–Crippen LogP) is 5.20. The number of nitrogens with two attached hydrogens (primary N) is 1. The molecule has 4 rings (SSSR count). The first-order valence-electron chi connectivity index (χ1n) is 13.2. The number of nitroso groups, excluding NO2 is 1. The summed E-state index contributed by atoms with van der Waals surface area (Å²) in [5.41, 5.74) is 10.5. The van der Waals surface area contributed by atoms with Crippen molar-refractivity contribution in [3.8, 4) is 0 Å². The van der Waals surface area contributed by atoms with Gasteiger partial charge in [0.05, 0.1) is 17.8 Å². The summed E-state index contributed by atoms with van der Waals surface area (Å²) in [6.07, 6.45) is 8.76. The number of hydrogen-bond acceptors (Lipinski definition) is 6. The molecule has 0 spiro atoms. The summed E-state index contributed by atoms with van der Waals surface area (Å²) >= 11 is 0. The highest BCUT2D eigenvalue weighted by molar-refractivity contribution is 5.15. The summed E-state index contributed by atoms with van der Waals surface area (Å²) in [5.74, 6) is 2.44. The summed E-state index contributed by atoms with van der Waals surface area (Å²) in [7, 11) is 1.73.